The fourth-order valence-electron chi connectivity index (χ4n) is 3.99. The molecule has 4 rings (SSSR count). The molecule has 0 spiro atoms. The van der Waals surface area contributed by atoms with E-state index in [1.807, 2.05) is 64.1 Å². The molecule has 0 aliphatic carbocycles. The average molecular weight is 505 g/mol. The predicted molar refractivity (Wildman–Crippen MR) is 140 cm³/mol. The number of nitrogens with zero attached hydrogens (tertiary/aromatic N) is 1. The normalized spacial score (nSPS) is 16.8. The van der Waals surface area contributed by atoms with Crippen LogP contribution in [0.15, 0.2) is 65.2 Å². The first-order chi connectivity index (χ1) is 17.6. The summed E-state index contributed by atoms with van der Waals surface area (Å²) in [6.07, 6.45) is 1.44. The maximum atomic E-state index is 13.3. The van der Waals surface area contributed by atoms with Gasteiger partial charge in [0.15, 0.2) is 5.76 Å². The van der Waals surface area contributed by atoms with E-state index in [4.69, 9.17) is 18.8 Å². The third-order valence-corrected chi connectivity index (χ3v) is 6.81. The van der Waals surface area contributed by atoms with Crippen LogP contribution in [-0.2, 0) is 9.31 Å². The highest BCUT2D eigenvalue weighted by molar-refractivity contribution is 6.62. The molecule has 1 aliphatic heterocycles. The van der Waals surface area contributed by atoms with Crippen molar-refractivity contribution >= 4 is 24.6 Å². The minimum absolute atomic E-state index is 0.241. The lowest BCUT2D eigenvalue weighted by molar-refractivity contribution is 0.00578. The largest absolute Gasteiger partial charge is 0.494 e. The highest BCUT2D eigenvalue weighted by Gasteiger charge is 2.51. The summed E-state index contributed by atoms with van der Waals surface area (Å²) in [7, 11) is -0.587. The van der Waals surface area contributed by atoms with Gasteiger partial charge in [0.1, 0.15) is 6.04 Å². The van der Waals surface area contributed by atoms with Gasteiger partial charge in [-0.1, -0.05) is 42.5 Å². The Morgan fingerprint density at radius 2 is 1.73 bits per heavy atom. The predicted octanol–water partition coefficient (Wildman–Crippen LogP) is 4.16. The van der Waals surface area contributed by atoms with E-state index < -0.39 is 30.5 Å². The highest BCUT2D eigenvalue weighted by atomic mass is 16.7. The number of benzene rings is 2. The van der Waals surface area contributed by atoms with Crippen molar-refractivity contribution in [3.8, 4) is 11.3 Å². The number of carbonyl (C=O) groups is 2. The van der Waals surface area contributed by atoms with E-state index in [-0.39, 0.29) is 12.5 Å². The zero-order chi connectivity index (χ0) is 26.6. The van der Waals surface area contributed by atoms with Crippen molar-refractivity contribution in [2.24, 2.45) is 0 Å². The fraction of sp³-hybridized carbons (Fsp3) is 0.370. The first-order valence-electron chi connectivity index (χ1n) is 12.3. The maximum Gasteiger partial charge on any atom is 0.494 e. The summed E-state index contributed by atoms with van der Waals surface area (Å²) < 4.78 is 18.3. The molecule has 194 valence electrons. The Labute approximate surface area is 216 Å². The Morgan fingerprint density at radius 1 is 1.03 bits per heavy atom. The summed E-state index contributed by atoms with van der Waals surface area (Å²) in [4.78, 5) is 28.5. The van der Waals surface area contributed by atoms with E-state index in [2.05, 4.69) is 15.6 Å². The number of carbonyl (C=O) groups excluding carboxylic acids is 1. The van der Waals surface area contributed by atoms with Crippen molar-refractivity contribution in [3.63, 3.8) is 0 Å². The molecule has 0 radical (unpaired) electrons. The van der Waals surface area contributed by atoms with E-state index in [0.29, 0.717) is 30.1 Å². The molecule has 0 unspecified atom stereocenters. The summed E-state index contributed by atoms with van der Waals surface area (Å²) in [5.41, 5.74) is 1.07. The molecule has 37 heavy (non-hydrogen) atoms. The number of aromatic nitrogens is 1. The third kappa shape index (κ3) is 6.21. The van der Waals surface area contributed by atoms with Crippen molar-refractivity contribution in [2.75, 3.05) is 6.54 Å². The van der Waals surface area contributed by atoms with Crippen LogP contribution in [0.4, 0.5) is 4.79 Å². The van der Waals surface area contributed by atoms with E-state index >= 15 is 0 Å². The molecule has 9 nitrogen and oxygen atoms in total. The second kappa shape index (κ2) is 10.8. The average Bonchev–Trinajstić information content (AvgIpc) is 3.43. The smallest absolute Gasteiger partial charge is 0.465 e. The summed E-state index contributed by atoms with van der Waals surface area (Å²) in [5.74, 6) is 0.625. The van der Waals surface area contributed by atoms with Gasteiger partial charge in [0.05, 0.1) is 17.4 Å². The van der Waals surface area contributed by atoms with Gasteiger partial charge in [-0.05, 0) is 58.1 Å². The molecule has 2 aromatic carbocycles. The van der Waals surface area contributed by atoms with Gasteiger partial charge in [0.2, 0.25) is 5.89 Å². The minimum atomic E-state index is -1.09. The van der Waals surface area contributed by atoms with Crippen molar-refractivity contribution in [3.05, 3.63) is 72.2 Å². The Balaban J connectivity index is 1.51. The molecule has 1 aliphatic rings. The van der Waals surface area contributed by atoms with E-state index in [1.165, 1.54) is 0 Å². The quantitative estimate of drug-likeness (QED) is 0.295. The van der Waals surface area contributed by atoms with Gasteiger partial charge < -0.3 is 29.5 Å². The van der Waals surface area contributed by atoms with Crippen molar-refractivity contribution in [2.45, 2.75) is 57.8 Å². The molecule has 1 saturated heterocycles. The monoisotopic (exact) mass is 505 g/mol. The molecule has 3 N–H and O–H groups in total. The topological polar surface area (TPSA) is 123 Å². The molecule has 2 heterocycles. The van der Waals surface area contributed by atoms with Crippen molar-refractivity contribution in [1.29, 1.82) is 0 Å². The number of hydrogen-bond donors (Lipinski definition) is 3. The molecular formula is C27H32BN3O6. The lowest BCUT2D eigenvalue weighted by Gasteiger charge is -2.32. The lowest BCUT2D eigenvalue weighted by Crippen LogP contribution is -2.41. The Morgan fingerprint density at radius 3 is 2.41 bits per heavy atom. The van der Waals surface area contributed by atoms with Crippen LogP contribution >= 0.6 is 0 Å². The van der Waals surface area contributed by atoms with Crippen LogP contribution in [0.5, 0.6) is 0 Å². The number of nitrogens with one attached hydrogen (secondary N) is 2. The molecule has 1 aromatic heterocycles. The summed E-state index contributed by atoms with van der Waals surface area (Å²) in [6, 6.07) is 16.1. The molecule has 2 amide bonds. The van der Waals surface area contributed by atoms with E-state index in [9.17, 15) is 9.59 Å². The number of hydrogen-bond acceptors (Lipinski definition) is 6. The Hall–Kier alpha value is -3.63. The van der Waals surface area contributed by atoms with E-state index in [0.717, 1.165) is 11.0 Å². The van der Waals surface area contributed by atoms with Crippen LogP contribution in [-0.4, -0.2) is 47.0 Å². The standard InChI is InChI=1S/C27H32BN3O6/c1-26(2)27(3,4)37-28(36-26)20-13-8-12-19(16-20)23(32)31-21(14-9-15-29-25(33)34)24-30-17-22(35-24)18-10-6-5-7-11-18/h5-8,10-13,16-17,21,29H,9,14-15H2,1-4H3,(H,31,32)(H,33,34)/t21-/m0/s1. The number of carboxylic acid groups (broad SMARTS) is 1. The molecule has 3 aromatic rings. The lowest BCUT2D eigenvalue weighted by atomic mass is 9.78. The zero-order valence-electron chi connectivity index (χ0n) is 21.5. The summed E-state index contributed by atoms with van der Waals surface area (Å²) in [6.45, 7) is 8.16. The van der Waals surface area contributed by atoms with Gasteiger partial charge in [-0.2, -0.15) is 0 Å². The molecule has 0 saturated carbocycles. The van der Waals surface area contributed by atoms with Gasteiger partial charge >= 0.3 is 13.2 Å². The van der Waals surface area contributed by atoms with Gasteiger partial charge in [-0.15, -0.1) is 0 Å². The van der Waals surface area contributed by atoms with Crippen LogP contribution < -0.4 is 16.1 Å². The second-order valence-electron chi connectivity index (χ2n) is 10.0. The van der Waals surface area contributed by atoms with Crippen LogP contribution in [0.25, 0.3) is 11.3 Å². The van der Waals surface area contributed by atoms with Gasteiger partial charge in [-0.3, -0.25) is 4.79 Å². The van der Waals surface area contributed by atoms with Crippen LogP contribution in [0.2, 0.25) is 0 Å². The van der Waals surface area contributed by atoms with Crippen LogP contribution in [0.3, 0.4) is 0 Å². The maximum absolute atomic E-state index is 13.3. The molecular weight excluding hydrogens is 473 g/mol. The molecule has 10 heteroatoms. The Bertz CT molecular complexity index is 1230. The number of amides is 2. The molecule has 0 bridgehead atoms. The second-order valence-corrected chi connectivity index (χ2v) is 10.0. The first kappa shape index (κ1) is 26.4. The van der Waals surface area contributed by atoms with Crippen molar-refractivity contribution in [1.82, 2.24) is 15.6 Å². The number of rotatable bonds is 9. The number of oxazole rings is 1. The van der Waals surface area contributed by atoms with Crippen LogP contribution in [0, 0.1) is 0 Å². The first-order valence-corrected chi connectivity index (χ1v) is 12.3. The van der Waals surface area contributed by atoms with Gasteiger partial charge in [0, 0.05) is 17.7 Å². The minimum Gasteiger partial charge on any atom is -0.465 e. The van der Waals surface area contributed by atoms with Gasteiger partial charge in [0.25, 0.3) is 5.91 Å². The molecule has 1 fully saturated rings. The fourth-order valence-corrected chi connectivity index (χ4v) is 3.99. The summed E-state index contributed by atoms with van der Waals surface area (Å²) in [5, 5.41) is 14.2. The van der Waals surface area contributed by atoms with Crippen molar-refractivity contribution < 1.29 is 28.4 Å². The SMILES string of the molecule is CC1(C)OB(c2cccc(C(=O)N[C@@H](CCCNC(=O)O)c3ncc(-c4ccccc4)o3)c2)OC1(C)C. The molecule has 1 atom stereocenters. The van der Waals surface area contributed by atoms with Crippen LogP contribution in [0.1, 0.15) is 62.8 Å². The van der Waals surface area contributed by atoms with E-state index in [1.54, 1.807) is 24.4 Å². The van der Waals surface area contributed by atoms with Gasteiger partial charge in [-0.25, -0.2) is 9.78 Å². The third-order valence-electron chi connectivity index (χ3n) is 6.81. The highest BCUT2D eigenvalue weighted by Crippen LogP contribution is 2.36. The zero-order valence-corrected chi connectivity index (χ0v) is 21.5. The Kier molecular flexibility index (Phi) is 7.70. The summed E-state index contributed by atoms with van der Waals surface area (Å²) >= 11 is 0.